The summed E-state index contributed by atoms with van der Waals surface area (Å²) < 4.78 is 0. The second-order valence-electron chi connectivity index (χ2n) is 5.18. The lowest BCUT2D eigenvalue weighted by molar-refractivity contribution is -0.122. The first kappa shape index (κ1) is 14.5. The Morgan fingerprint density at radius 1 is 1.20 bits per heavy atom. The topological polar surface area (TPSA) is 70.2 Å². The maximum absolute atomic E-state index is 12.4. The second-order valence-corrected chi connectivity index (χ2v) is 5.18. The summed E-state index contributed by atoms with van der Waals surface area (Å²) in [7, 11) is 0. The number of nitrogens with one attached hydrogen (secondary N) is 3. The van der Waals surface area contributed by atoms with Crippen LogP contribution in [-0.2, 0) is 9.59 Å². The molecule has 2 rings (SSSR count). The first-order chi connectivity index (χ1) is 9.55. The Bertz CT molecular complexity index is 490. The largest absolute Gasteiger partial charge is 0.326 e. The summed E-state index contributed by atoms with van der Waals surface area (Å²) in [5, 5.41) is 8.95. The van der Waals surface area contributed by atoms with Gasteiger partial charge in [-0.05, 0) is 50.1 Å². The van der Waals surface area contributed by atoms with Crippen molar-refractivity contribution in [2.75, 3.05) is 17.2 Å². The van der Waals surface area contributed by atoms with Crippen molar-refractivity contribution in [2.24, 2.45) is 0 Å². The number of rotatable bonds is 4. The van der Waals surface area contributed by atoms with Gasteiger partial charge in [0.1, 0.15) is 0 Å². The van der Waals surface area contributed by atoms with E-state index in [0.29, 0.717) is 0 Å². The van der Waals surface area contributed by atoms with Crippen LogP contribution in [-0.4, -0.2) is 23.9 Å². The van der Waals surface area contributed by atoms with Crippen molar-refractivity contribution in [1.82, 2.24) is 5.32 Å². The van der Waals surface area contributed by atoms with Gasteiger partial charge in [0, 0.05) is 18.3 Å². The summed E-state index contributed by atoms with van der Waals surface area (Å²) in [6.45, 7) is 4.38. The van der Waals surface area contributed by atoms with Crippen LogP contribution in [0.15, 0.2) is 24.3 Å². The lowest BCUT2D eigenvalue weighted by Crippen LogP contribution is -2.50. The van der Waals surface area contributed by atoms with Crippen molar-refractivity contribution in [3.63, 3.8) is 0 Å². The molecular weight excluding hydrogens is 254 g/mol. The van der Waals surface area contributed by atoms with Gasteiger partial charge in [-0.1, -0.05) is 6.92 Å². The Kier molecular flexibility index (Phi) is 4.39. The first-order valence-electron chi connectivity index (χ1n) is 7.00. The third-order valence-corrected chi connectivity index (χ3v) is 3.75. The summed E-state index contributed by atoms with van der Waals surface area (Å²) in [5.41, 5.74) is 1.03. The maximum Gasteiger partial charge on any atom is 0.244 e. The molecule has 0 radical (unpaired) electrons. The molecule has 1 saturated heterocycles. The molecule has 1 fully saturated rings. The van der Waals surface area contributed by atoms with Gasteiger partial charge in [-0.15, -0.1) is 0 Å². The van der Waals surface area contributed by atoms with Crippen LogP contribution in [0.1, 0.15) is 33.1 Å². The number of hydrogen-bond acceptors (Lipinski definition) is 3. The van der Waals surface area contributed by atoms with Gasteiger partial charge in [-0.2, -0.15) is 0 Å². The average Bonchev–Trinajstić information content (AvgIpc) is 2.90. The molecule has 0 aromatic heterocycles. The molecule has 1 atom stereocenters. The monoisotopic (exact) mass is 275 g/mol. The van der Waals surface area contributed by atoms with Crippen molar-refractivity contribution in [3.05, 3.63) is 24.3 Å². The molecule has 0 spiro atoms. The lowest BCUT2D eigenvalue weighted by atomic mass is 9.93. The van der Waals surface area contributed by atoms with Crippen molar-refractivity contribution in [3.8, 4) is 0 Å². The van der Waals surface area contributed by atoms with Crippen molar-refractivity contribution in [1.29, 1.82) is 0 Å². The van der Waals surface area contributed by atoms with Crippen LogP contribution in [0.5, 0.6) is 0 Å². The number of carbonyl (C=O) groups excluding carboxylic acids is 2. The van der Waals surface area contributed by atoms with E-state index in [1.165, 1.54) is 6.92 Å². The zero-order chi connectivity index (χ0) is 14.6. The summed E-state index contributed by atoms with van der Waals surface area (Å²) in [4.78, 5) is 23.3. The van der Waals surface area contributed by atoms with Crippen molar-refractivity contribution in [2.45, 2.75) is 38.6 Å². The molecule has 1 aromatic carbocycles. The number of hydrogen-bond donors (Lipinski definition) is 3. The van der Waals surface area contributed by atoms with E-state index in [-0.39, 0.29) is 11.8 Å². The zero-order valence-corrected chi connectivity index (χ0v) is 12.0. The molecule has 0 aliphatic carbocycles. The molecule has 1 aliphatic heterocycles. The zero-order valence-electron chi connectivity index (χ0n) is 12.0. The molecular formula is C15H21N3O2. The Hall–Kier alpha value is -1.88. The van der Waals surface area contributed by atoms with Crippen LogP contribution >= 0.6 is 0 Å². The van der Waals surface area contributed by atoms with Gasteiger partial charge < -0.3 is 16.0 Å². The van der Waals surface area contributed by atoms with E-state index in [4.69, 9.17) is 0 Å². The molecule has 0 bridgehead atoms. The molecule has 3 N–H and O–H groups in total. The van der Waals surface area contributed by atoms with E-state index in [2.05, 4.69) is 16.0 Å². The highest BCUT2D eigenvalue weighted by atomic mass is 16.2. The smallest absolute Gasteiger partial charge is 0.244 e. The highest BCUT2D eigenvalue weighted by molar-refractivity contribution is 5.98. The van der Waals surface area contributed by atoms with Gasteiger partial charge in [0.25, 0.3) is 0 Å². The lowest BCUT2D eigenvalue weighted by Gasteiger charge is -2.26. The van der Waals surface area contributed by atoms with E-state index in [1.54, 1.807) is 24.3 Å². The van der Waals surface area contributed by atoms with Gasteiger partial charge in [-0.25, -0.2) is 0 Å². The molecule has 20 heavy (non-hydrogen) atoms. The molecule has 0 saturated carbocycles. The molecule has 1 unspecified atom stereocenters. The molecule has 1 aliphatic rings. The van der Waals surface area contributed by atoms with Gasteiger partial charge in [0.15, 0.2) is 0 Å². The third-order valence-electron chi connectivity index (χ3n) is 3.75. The highest BCUT2D eigenvalue weighted by Gasteiger charge is 2.38. The van der Waals surface area contributed by atoms with E-state index in [1.807, 2.05) is 6.92 Å². The fraction of sp³-hybridized carbons (Fsp3) is 0.467. The summed E-state index contributed by atoms with van der Waals surface area (Å²) >= 11 is 0. The van der Waals surface area contributed by atoms with Gasteiger partial charge >= 0.3 is 0 Å². The number of amides is 2. The van der Waals surface area contributed by atoms with Crippen LogP contribution in [0.4, 0.5) is 11.4 Å². The molecule has 2 amide bonds. The number of anilines is 2. The molecule has 5 nitrogen and oxygen atoms in total. The van der Waals surface area contributed by atoms with Crippen LogP contribution in [0, 0.1) is 0 Å². The minimum absolute atomic E-state index is 0.0183. The summed E-state index contributed by atoms with van der Waals surface area (Å²) in [5.74, 6) is -0.0911. The average molecular weight is 275 g/mol. The fourth-order valence-electron chi connectivity index (χ4n) is 2.55. The number of carbonyl (C=O) groups is 2. The first-order valence-corrected chi connectivity index (χ1v) is 7.00. The van der Waals surface area contributed by atoms with Crippen LogP contribution < -0.4 is 16.0 Å². The van der Waals surface area contributed by atoms with Crippen LogP contribution in [0.2, 0.25) is 0 Å². The second kappa shape index (κ2) is 6.05. The Labute approximate surface area is 119 Å². The fourth-order valence-corrected chi connectivity index (χ4v) is 2.55. The van der Waals surface area contributed by atoms with Gasteiger partial charge in [0.05, 0.1) is 5.54 Å². The van der Waals surface area contributed by atoms with Crippen molar-refractivity contribution >= 4 is 23.2 Å². The SMILES string of the molecule is CCC1(C(=O)Nc2ccc(NC(C)=O)cc2)CCCN1. The van der Waals surface area contributed by atoms with E-state index in [0.717, 1.165) is 37.2 Å². The maximum atomic E-state index is 12.4. The molecule has 108 valence electrons. The minimum Gasteiger partial charge on any atom is -0.326 e. The number of benzene rings is 1. The van der Waals surface area contributed by atoms with E-state index in [9.17, 15) is 9.59 Å². The molecule has 1 heterocycles. The van der Waals surface area contributed by atoms with Crippen LogP contribution in [0.25, 0.3) is 0 Å². The Morgan fingerprint density at radius 2 is 1.80 bits per heavy atom. The third kappa shape index (κ3) is 3.17. The quantitative estimate of drug-likeness (QED) is 0.788. The predicted octanol–water partition coefficient (Wildman–Crippen LogP) is 2.12. The summed E-state index contributed by atoms with van der Waals surface area (Å²) in [6.07, 6.45) is 2.69. The van der Waals surface area contributed by atoms with E-state index >= 15 is 0 Å². The standard InChI is InChI=1S/C15H21N3O2/c1-3-15(9-4-10-16-15)14(20)18-13-7-5-12(6-8-13)17-11(2)19/h5-8,16H,3-4,9-10H2,1-2H3,(H,17,19)(H,18,20). The Morgan fingerprint density at radius 3 is 2.25 bits per heavy atom. The van der Waals surface area contributed by atoms with Gasteiger partial charge in [0.2, 0.25) is 11.8 Å². The Balaban J connectivity index is 2.02. The van der Waals surface area contributed by atoms with E-state index < -0.39 is 5.54 Å². The molecule has 5 heteroatoms. The van der Waals surface area contributed by atoms with Crippen molar-refractivity contribution < 1.29 is 9.59 Å². The summed E-state index contributed by atoms with van der Waals surface area (Å²) in [6, 6.07) is 7.14. The normalized spacial score (nSPS) is 21.5. The van der Waals surface area contributed by atoms with Crippen LogP contribution in [0.3, 0.4) is 0 Å². The predicted molar refractivity (Wildman–Crippen MR) is 79.6 cm³/mol. The minimum atomic E-state index is -0.434. The van der Waals surface area contributed by atoms with Gasteiger partial charge in [-0.3, -0.25) is 9.59 Å². The highest BCUT2D eigenvalue weighted by Crippen LogP contribution is 2.25. The molecule has 1 aromatic rings.